The van der Waals surface area contributed by atoms with E-state index in [1.165, 1.54) is 0 Å². The Kier molecular flexibility index (Phi) is 3.72. The number of aliphatic hydroxyl groups excluding tert-OH is 1. The molecule has 5 nitrogen and oxygen atoms in total. The summed E-state index contributed by atoms with van der Waals surface area (Å²) in [5.74, 6) is -0.675. The summed E-state index contributed by atoms with van der Waals surface area (Å²) in [4.78, 5) is 26.8. The number of carbonyl (C=O) groups is 2. The van der Waals surface area contributed by atoms with Gasteiger partial charge in [0, 0.05) is 22.2 Å². The Morgan fingerprint density at radius 1 is 1.05 bits per heavy atom. The molecule has 0 aliphatic carbocycles. The number of fused-ring (bicyclic) bond motifs is 1. The molecule has 0 saturated carbocycles. The molecule has 110 valence electrons. The standard InChI is InChI=1S/C17H14N2O3/c20-10-16(21)12-5-3-6-13(8-12)18-17(22)15-9-11-4-1-2-7-14(11)19-15/h1-9,19-20H,10H2,(H,18,22). The van der Waals surface area contributed by atoms with E-state index in [9.17, 15) is 9.59 Å². The number of hydrogen-bond donors (Lipinski definition) is 3. The first kappa shape index (κ1) is 14.0. The summed E-state index contributed by atoms with van der Waals surface area (Å²) in [6.45, 7) is -0.556. The molecule has 3 aromatic rings. The Morgan fingerprint density at radius 3 is 2.64 bits per heavy atom. The number of amides is 1. The van der Waals surface area contributed by atoms with Crippen molar-refractivity contribution in [1.82, 2.24) is 4.98 Å². The number of H-pyrrole nitrogens is 1. The molecule has 1 amide bonds. The molecule has 3 rings (SSSR count). The Hall–Kier alpha value is -2.92. The molecule has 22 heavy (non-hydrogen) atoms. The fourth-order valence-corrected chi connectivity index (χ4v) is 2.26. The van der Waals surface area contributed by atoms with Gasteiger partial charge in [-0.3, -0.25) is 9.59 Å². The molecule has 0 radical (unpaired) electrons. The molecule has 0 unspecified atom stereocenters. The van der Waals surface area contributed by atoms with E-state index in [-0.39, 0.29) is 11.7 Å². The van der Waals surface area contributed by atoms with E-state index in [2.05, 4.69) is 10.3 Å². The fourth-order valence-electron chi connectivity index (χ4n) is 2.26. The highest BCUT2D eigenvalue weighted by Crippen LogP contribution is 2.17. The highest BCUT2D eigenvalue weighted by molar-refractivity contribution is 6.06. The van der Waals surface area contributed by atoms with E-state index < -0.39 is 6.61 Å². The van der Waals surface area contributed by atoms with E-state index in [4.69, 9.17) is 5.11 Å². The first-order chi connectivity index (χ1) is 10.7. The lowest BCUT2D eigenvalue weighted by molar-refractivity contribution is 0.0903. The predicted octanol–water partition coefficient (Wildman–Crippen LogP) is 2.60. The lowest BCUT2D eigenvalue weighted by Crippen LogP contribution is -2.13. The van der Waals surface area contributed by atoms with Crippen molar-refractivity contribution in [2.75, 3.05) is 11.9 Å². The Bertz CT molecular complexity index is 819. The van der Waals surface area contributed by atoms with E-state index >= 15 is 0 Å². The van der Waals surface area contributed by atoms with Crippen LogP contribution in [0.3, 0.4) is 0 Å². The van der Waals surface area contributed by atoms with E-state index in [0.29, 0.717) is 16.9 Å². The van der Waals surface area contributed by atoms with Crippen LogP contribution in [-0.4, -0.2) is 28.4 Å². The second kappa shape index (κ2) is 5.83. The monoisotopic (exact) mass is 294 g/mol. The summed E-state index contributed by atoms with van der Waals surface area (Å²) in [5, 5.41) is 12.6. The quantitative estimate of drug-likeness (QED) is 0.647. The molecule has 0 aliphatic rings. The molecule has 0 aliphatic heterocycles. The van der Waals surface area contributed by atoms with Crippen LogP contribution in [-0.2, 0) is 0 Å². The van der Waals surface area contributed by atoms with Crippen molar-refractivity contribution in [3.05, 3.63) is 65.9 Å². The highest BCUT2D eigenvalue weighted by Gasteiger charge is 2.11. The maximum Gasteiger partial charge on any atom is 0.272 e. The van der Waals surface area contributed by atoms with Gasteiger partial charge in [0.15, 0.2) is 5.78 Å². The second-order valence-electron chi connectivity index (χ2n) is 4.89. The molecular formula is C17H14N2O3. The third-order valence-corrected chi connectivity index (χ3v) is 3.36. The molecular weight excluding hydrogens is 280 g/mol. The molecule has 2 aromatic carbocycles. The average molecular weight is 294 g/mol. The summed E-state index contributed by atoms with van der Waals surface area (Å²) in [6.07, 6.45) is 0. The largest absolute Gasteiger partial charge is 0.388 e. The van der Waals surface area contributed by atoms with Gasteiger partial charge >= 0.3 is 0 Å². The number of carbonyl (C=O) groups excluding carboxylic acids is 2. The number of ketones is 1. The van der Waals surface area contributed by atoms with Crippen molar-refractivity contribution in [2.24, 2.45) is 0 Å². The summed E-state index contributed by atoms with van der Waals surface area (Å²) in [7, 11) is 0. The molecule has 1 heterocycles. The molecule has 0 bridgehead atoms. The Balaban J connectivity index is 1.83. The van der Waals surface area contributed by atoms with Crippen LogP contribution in [0.25, 0.3) is 10.9 Å². The fraction of sp³-hybridized carbons (Fsp3) is 0.0588. The van der Waals surface area contributed by atoms with Gasteiger partial charge in [-0.15, -0.1) is 0 Å². The number of para-hydroxylation sites is 1. The van der Waals surface area contributed by atoms with Gasteiger partial charge in [-0.05, 0) is 24.3 Å². The highest BCUT2D eigenvalue weighted by atomic mass is 16.3. The first-order valence-electron chi connectivity index (χ1n) is 6.80. The van der Waals surface area contributed by atoms with Gasteiger partial charge < -0.3 is 15.4 Å². The summed E-state index contributed by atoms with van der Waals surface area (Å²) < 4.78 is 0. The number of aromatic amines is 1. The lowest BCUT2D eigenvalue weighted by atomic mass is 10.1. The number of anilines is 1. The van der Waals surface area contributed by atoms with Crippen molar-refractivity contribution < 1.29 is 14.7 Å². The third kappa shape index (κ3) is 2.75. The van der Waals surface area contributed by atoms with Crippen molar-refractivity contribution in [3.8, 4) is 0 Å². The van der Waals surface area contributed by atoms with Crippen LogP contribution in [0.5, 0.6) is 0 Å². The normalized spacial score (nSPS) is 10.6. The van der Waals surface area contributed by atoms with Gasteiger partial charge in [0.2, 0.25) is 0 Å². The van der Waals surface area contributed by atoms with Crippen LogP contribution in [0.15, 0.2) is 54.6 Å². The molecule has 0 spiro atoms. The minimum atomic E-state index is -0.556. The maximum absolute atomic E-state index is 12.3. The number of Topliss-reactive ketones (excluding diaryl/α,β-unsaturated/α-hetero) is 1. The number of nitrogens with one attached hydrogen (secondary N) is 2. The van der Waals surface area contributed by atoms with Crippen molar-refractivity contribution >= 4 is 28.3 Å². The summed E-state index contributed by atoms with van der Waals surface area (Å²) in [6, 6.07) is 15.9. The van der Waals surface area contributed by atoms with Crippen LogP contribution in [0.1, 0.15) is 20.8 Å². The van der Waals surface area contributed by atoms with Crippen LogP contribution in [0, 0.1) is 0 Å². The maximum atomic E-state index is 12.3. The third-order valence-electron chi connectivity index (χ3n) is 3.36. The van der Waals surface area contributed by atoms with Gasteiger partial charge in [0.25, 0.3) is 5.91 Å². The van der Waals surface area contributed by atoms with Crippen LogP contribution >= 0.6 is 0 Å². The molecule has 1 aromatic heterocycles. The van der Waals surface area contributed by atoms with Crippen molar-refractivity contribution in [1.29, 1.82) is 0 Å². The number of aliphatic hydroxyl groups is 1. The topological polar surface area (TPSA) is 82.2 Å². The molecule has 3 N–H and O–H groups in total. The first-order valence-corrected chi connectivity index (χ1v) is 6.80. The molecule has 0 saturated heterocycles. The van der Waals surface area contributed by atoms with Crippen molar-refractivity contribution in [3.63, 3.8) is 0 Å². The van der Waals surface area contributed by atoms with Gasteiger partial charge in [-0.2, -0.15) is 0 Å². The predicted molar refractivity (Wildman–Crippen MR) is 84.1 cm³/mol. The number of benzene rings is 2. The zero-order valence-corrected chi connectivity index (χ0v) is 11.7. The SMILES string of the molecule is O=C(CO)c1cccc(NC(=O)c2cc3ccccc3[nH]2)c1. The molecule has 0 fully saturated rings. The summed E-state index contributed by atoms with van der Waals surface area (Å²) in [5.41, 5.74) is 2.19. The average Bonchev–Trinajstić information content (AvgIpc) is 2.98. The number of rotatable bonds is 4. The lowest BCUT2D eigenvalue weighted by Gasteiger charge is -2.05. The van der Waals surface area contributed by atoms with Gasteiger partial charge in [0.05, 0.1) is 0 Å². The minimum absolute atomic E-state index is 0.287. The van der Waals surface area contributed by atoms with E-state index in [1.807, 2.05) is 24.3 Å². The zero-order valence-electron chi connectivity index (χ0n) is 11.7. The van der Waals surface area contributed by atoms with Gasteiger partial charge in [0.1, 0.15) is 12.3 Å². The number of aromatic nitrogens is 1. The number of hydrogen-bond acceptors (Lipinski definition) is 3. The van der Waals surface area contributed by atoms with Crippen LogP contribution in [0.2, 0.25) is 0 Å². The zero-order chi connectivity index (χ0) is 15.5. The minimum Gasteiger partial charge on any atom is -0.388 e. The Morgan fingerprint density at radius 2 is 1.86 bits per heavy atom. The van der Waals surface area contributed by atoms with Gasteiger partial charge in [-0.1, -0.05) is 30.3 Å². The van der Waals surface area contributed by atoms with Gasteiger partial charge in [-0.25, -0.2) is 0 Å². The van der Waals surface area contributed by atoms with E-state index in [0.717, 1.165) is 10.9 Å². The summed E-state index contributed by atoms with van der Waals surface area (Å²) >= 11 is 0. The Labute approximate surface area is 126 Å². The van der Waals surface area contributed by atoms with Crippen molar-refractivity contribution in [2.45, 2.75) is 0 Å². The molecule has 5 heteroatoms. The smallest absolute Gasteiger partial charge is 0.272 e. The van der Waals surface area contributed by atoms with E-state index in [1.54, 1.807) is 30.3 Å². The molecule has 0 atom stereocenters. The van der Waals surface area contributed by atoms with Crippen LogP contribution < -0.4 is 5.32 Å². The second-order valence-corrected chi connectivity index (χ2v) is 4.89. The van der Waals surface area contributed by atoms with Crippen LogP contribution in [0.4, 0.5) is 5.69 Å².